The minimum Gasteiger partial charge on any atom is -0.345 e. The van der Waals surface area contributed by atoms with Gasteiger partial charge in [-0.25, -0.2) is 0 Å². The van der Waals surface area contributed by atoms with Crippen LogP contribution in [0.25, 0.3) is 0 Å². The number of nitrogens with zero attached hydrogens (tertiary/aromatic N) is 1. The van der Waals surface area contributed by atoms with Crippen LogP contribution in [0.3, 0.4) is 0 Å². The number of aryl methyl sites for hydroxylation is 1. The van der Waals surface area contributed by atoms with E-state index >= 15 is 0 Å². The summed E-state index contributed by atoms with van der Waals surface area (Å²) in [7, 11) is 2.08. The minimum absolute atomic E-state index is 0.592. The molecule has 2 heteroatoms. The summed E-state index contributed by atoms with van der Waals surface area (Å²) in [5.74, 6) is 0. The highest BCUT2D eigenvalue weighted by atomic mass is 15.1. The first-order valence-corrected chi connectivity index (χ1v) is 6.36. The largest absolute Gasteiger partial charge is 0.345 e. The predicted octanol–water partition coefficient (Wildman–Crippen LogP) is 3.48. The molecule has 2 aromatic carbocycles. The lowest BCUT2D eigenvalue weighted by molar-refractivity contribution is 1.07. The van der Waals surface area contributed by atoms with Crippen LogP contribution in [0.5, 0.6) is 0 Å². The zero-order valence-electron chi connectivity index (χ0n) is 11.1. The highest BCUT2D eigenvalue weighted by Crippen LogP contribution is 2.24. The molecule has 0 amide bonds. The van der Waals surface area contributed by atoms with E-state index in [-0.39, 0.29) is 0 Å². The highest BCUT2D eigenvalue weighted by Gasteiger charge is 2.03. The molecule has 0 atom stereocenters. The Morgan fingerprint density at radius 3 is 1.67 bits per heavy atom. The van der Waals surface area contributed by atoms with Crippen molar-refractivity contribution in [2.24, 2.45) is 5.73 Å². The Morgan fingerprint density at radius 2 is 1.28 bits per heavy atom. The Labute approximate surface area is 109 Å². The molecule has 0 spiro atoms. The van der Waals surface area contributed by atoms with Gasteiger partial charge in [-0.15, -0.1) is 0 Å². The van der Waals surface area contributed by atoms with Crippen LogP contribution in [0.4, 0.5) is 11.4 Å². The van der Waals surface area contributed by atoms with Gasteiger partial charge in [0.25, 0.3) is 0 Å². The van der Waals surface area contributed by atoms with Crippen molar-refractivity contribution in [3.8, 4) is 0 Å². The van der Waals surface area contributed by atoms with Crippen LogP contribution in [-0.4, -0.2) is 7.05 Å². The molecular weight excluding hydrogens is 220 g/mol. The number of benzene rings is 2. The van der Waals surface area contributed by atoms with Crippen molar-refractivity contribution in [3.63, 3.8) is 0 Å². The van der Waals surface area contributed by atoms with Crippen molar-refractivity contribution in [1.82, 2.24) is 0 Å². The minimum atomic E-state index is 0.592. The number of anilines is 2. The quantitative estimate of drug-likeness (QED) is 0.886. The summed E-state index contributed by atoms with van der Waals surface area (Å²) in [6.45, 7) is 2.76. The molecule has 2 nitrogen and oxygen atoms in total. The normalized spacial score (nSPS) is 10.4. The molecule has 0 radical (unpaired) electrons. The molecule has 0 aromatic heterocycles. The standard InChI is InChI=1S/C16H20N2/c1-3-13-4-8-15(9-5-13)18(2)16-10-6-14(12-17)7-11-16/h4-11H,3,12,17H2,1-2H3. The topological polar surface area (TPSA) is 29.3 Å². The van der Waals surface area contributed by atoms with Gasteiger partial charge in [0, 0.05) is 25.0 Å². The lowest BCUT2D eigenvalue weighted by Gasteiger charge is -2.20. The third-order valence-electron chi connectivity index (χ3n) is 3.29. The molecule has 94 valence electrons. The average molecular weight is 240 g/mol. The van der Waals surface area contributed by atoms with Crippen LogP contribution in [0.1, 0.15) is 18.1 Å². The van der Waals surface area contributed by atoms with Gasteiger partial charge < -0.3 is 10.6 Å². The summed E-state index contributed by atoms with van der Waals surface area (Å²) in [4.78, 5) is 2.18. The van der Waals surface area contributed by atoms with E-state index in [1.807, 2.05) is 0 Å². The van der Waals surface area contributed by atoms with E-state index < -0.39 is 0 Å². The van der Waals surface area contributed by atoms with Crippen molar-refractivity contribution in [1.29, 1.82) is 0 Å². The monoisotopic (exact) mass is 240 g/mol. The molecule has 0 heterocycles. The molecule has 18 heavy (non-hydrogen) atoms. The van der Waals surface area contributed by atoms with Crippen LogP contribution in [0, 0.1) is 0 Å². The summed E-state index contributed by atoms with van der Waals surface area (Å²) in [5, 5.41) is 0. The first-order valence-electron chi connectivity index (χ1n) is 6.36. The van der Waals surface area contributed by atoms with E-state index in [4.69, 9.17) is 5.73 Å². The molecule has 2 N–H and O–H groups in total. The summed E-state index contributed by atoms with van der Waals surface area (Å²) < 4.78 is 0. The van der Waals surface area contributed by atoms with Gasteiger partial charge in [0.15, 0.2) is 0 Å². The molecular formula is C16H20N2. The second-order valence-electron chi connectivity index (χ2n) is 4.45. The maximum atomic E-state index is 5.61. The number of nitrogens with two attached hydrogens (primary N) is 1. The van der Waals surface area contributed by atoms with Crippen LogP contribution in [0.15, 0.2) is 48.5 Å². The number of rotatable bonds is 4. The van der Waals surface area contributed by atoms with Crippen LogP contribution < -0.4 is 10.6 Å². The summed E-state index contributed by atoms with van der Waals surface area (Å²) in [6.07, 6.45) is 1.08. The second-order valence-corrected chi connectivity index (χ2v) is 4.45. The van der Waals surface area contributed by atoms with Gasteiger partial charge in [0.05, 0.1) is 0 Å². The van der Waals surface area contributed by atoms with Crippen molar-refractivity contribution in [3.05, 3.63) is 59.7 Å². The molecule has 0 aliphatic carbocycles. The smallest absolute Gasteiger partial charge is 0.0408 e. The van der Waals surface area contributed by atoms with Crippen molar-refractivity contribution in [2.75, 3.05) is 11.9 Å². The first kappa shape index (κ1) is 12.7. The zero-order valence-corrected chi connectivity index (χ0v) is 11.1. The molecule has 2 rings (SSSR count). The molecule has 0 fully saturated rings. The van der Waals surface area contributed by atoms with Crippen molar-refractivity contribution >= 4 is 11.4 Å². The van der Waals surface area contributed by atoms with E-state index in [1.54, 1.807) is 0 Å². The molecule has 0 bridgehead atoms. The van der Waals surface area contributed by atoms with Gasteiger partial charge in [-0.2, -0.15) is 0 Å². The van der Waals surface area contributed by atoms with E-state index in [9.17, 15) is 0 Å². The Bertz CT molecular complexity index is 438. The SMILES string of the molecule is CCc1ccc(N(C)c2ccc(CN)cc2)cc1. The fourth-order valence-corrected chi connectivity index (χ4v) is 1.96. The summed E-state index contributed by atoms with van der Waals surface area (Å²) in [6, 6.07) is 17.1. The zero-order chi connectivity index (χ0) is 13.0. The molecule has 0 aliphatic heterocycles. The van der Waals surface area contributed by atoms with Crippen LogP contribution in [0.2, 0.25) is 0 Å². The lowest BCUT2D eigenvalue weighted by Crippen LogP contribution is -2.09. The third-order valence-corrected chi connectivity index (χ3v) is 3.29. The summed E-state index contributed by atoms with van der Waals surface area (Å²) >= 11 is 0. The van der Waals surface area contributed by atoms with E-state index in [0.29, 0.717) is 6.54 Å². The van der Waals surface area contributed by atoms with E-state index in [1.165, 1.54) is 16.9 Å². The van der Waals surface area contributed by atoms with Gasteiger partial charge >= 0.3 is 0 Å². The van der Waals surface area contributed by atoms with Gasteiger partial charge in [0.2, 0.25) is 0 Å². The van der Waals surface area contributed by atoms with E-state index in [2.05, 4.69) is 67.4 Å². The third kappa shape index (κ3) is 2.71. The van der Waals surface area contributed by atoms with Gasteiger partial charge in [-0.3, -0.25) is 0 Å². The van der Waals surface area contributed by atoms with Gasteiger partial charge in [0.1, 0.15) is 0 Å². The Kier molecular flexibility index (Phi) is 4.00. The van der Waals surface area contributed by atoms with Gasteiger partial charge in [-0.1, -0.05) is 31.2 Å². The maximum Gasteiger partial charge on any atom is 0.0408 e. The fourth-order valence-electron chi connectivity index (χ4n) is 1.96. The molecule has 2 aromatic rings. The number of hydrogen-bond acceptors (Lipinski definition) is 2. The van der Waals surface area contributed by atoms with Crippen LogP contribution >= 0.6 is 0 Å². The van der Waals surface area contributed by atoms with Gasteiger partial charge in [-0.05, 0) is 41.8 Å². The maximum absolute atomic E-state index is 5.61. The Hall–Kier alpha value is -1.80. The Morgan fingerprint density at radius 1 is 0.833 bits per heavy atom. The molecule has 0 unspecified atom stereocenters. The lowest BCUT2D eigenvalue weighted by atomic mass is 10.1. The van der Waals surface area contributed by atoms with Crippen molar-refractivity contribution < 1.29 is 0 Å². The van der Waals surface area contributed by atoms with Crippen LogP contribution in [-0.2, 0) is 13.0 Å². The summed E-state index contributed by atoms with van der Waals surface area (Å²) in [5.41, 5.74) is 10.5. The first-order chi connectivity index (χ1) is 8.74. The van der Waals surface area contributed by atoms with Crippen molar-refractivity contribution in [2.45, 2.75) is 19.9 Å². The Balaban J connectivity index is 2.20. The molecule has 0 saturated heterocycles. The average Bonchev–Trinajstić information content (AvgIpc) is 2.47. The fraction of sp³-hybridized carbons (Fsp3) is 0.250. The molecule has 0 aliphatic rings. The number of hydrogen-bond donors (Lipinski definition) is 1. The van der Waals surface area contributed by atoms with E-state index in [0.717, 1.165) is 12.0 Å². The highest BCUT2D eigenvalue weighted by molar-refractivity contribution is 5.62. The molecule has 0 saturated carbocycles. The second kappa shape index (κ2) is 5.69. The predicted molar refractivity (Wildman–Crippen MR) is 78.2 cm³/mol.